The first-order valence-corrected chi connectivity index (χ1v) is 5.94. The van der Waals surface area contributed by atoms with Gasteiger partial charge in [-0.15, -0.1) is 11.6 Å². The molecule has 0 amide bonds. The summed E-state index contributed by atoms with van der Waals surface area (Å²) in [6.07, 6.45) is -1.83. The third-order valence-corrected chi connectivity index (χ3v) is 2.99. The van der Waals surface area contributed by atoms with E-state index in [1.807, 2.05) is 0 Å². The van der Waals surface area contributed by atoms with Crippen LogP contribution in [0.3, 0.4) is 0 Å². The van der Waals surface area contributed by atoms with E-state index in [1.54, 1.807) is 20.8 Å². The zero-order valence-electron chi connectivity index (χ0n) is 10.5. The number of carbonyl (C=O) groups excluding carboxylic acids is 1. The summed E-state index contributed by atoms with van der Waals surface area (Å²) in [7, 11) is 0. The molecule has 0 aromatic heterocycles. The van der Waals surface area contributed by atoms with Crippen molar-refractivity contribution in [2.24, 2.45) is 0 Å². The van der Waals surface area contributed by atoms with Gasteiger partial charge < -0.3 is 19.3 Å². The number of hydrogen-bond donors (Lipinski definition) is 1. The van der Waals surface area contributed by atoms with Gasteiger partial charge in [-0.2, -0.15) is 0 Å². The summed E-state index contributed by atoms with van der Waals surface area (Å²) in [5.74, 6) is -1.43. The highest BCUT2D eigenvalue weighted by molar-refractivity contribution is 6.34. The summed E-state index contributed by atoms with van der Waals surface area (Å²) in [4.78, 5) is 10.1. The fourth-order valence-corrected chi connectivity index (χ4v) is 1.81. The van der Waals surface area contributed by atoms with Crippen LogP contribution in [-0.2, 0) is 19.0 Å². The zero-order chi connectivity index (χ0) is 13.3. The second kappa shape index (κ2) is 5.10. The number of aliphatic hydroxyl groups excluding tert-OH is 1. The second-order valence-corrected chi connectivity index (χ2v) is 5.39. The van der Waals surface area contributed by atoms with E-state index in [0.717, 1.165) is 0 Å². The van der Waals surface area contributed by atoms with Crippen LogP contribution >= 0.6 is 11.6 Å². The van der Waals surface area contributed by atoms with Gasteiger partial charge in [-0.3, -0.25) is 4.79 Å². The topological polar surface area (TPSA) is 65.0 Å². The molecule has 100 valence electrons. The van der Waals surface area contributed by atoms with Crippen molar-refractivity contribution in [2.45, 2.75) is 50.6 Å². The second-order valence-electron chi connectivity index (χ2n) is 4.61. The minimum absolute atomic E-state index is 0.190. The molecule has 0 aromatic rings. The highest BCUT2D eigenvalue weighted by atomic mass is 35.5. The lowest BCUT2D eigenvalue weighted by Gasteiger charge is -2.29. The highest BCUT2D eigenvalue weighted by Crippen LogP contribution is 2.31. The summed E-state index contributed by atoms with van der Waals surface area (Å²) < 4.78 is 15.6. The van der Waals surface area contributed by atoms with Crippen LogP contribution < -0.4 is 0 Å². The van der Waals surface area contributed by atoms with Gasteiger partial charge in [-0.1, -0.05) is 0 Å². The molecule has 0 spiro atoms. The molecule has 1 heterocycles. The van der Waals surface area contributed by atoms with E-state index >= 15 is 0 Å². The van der Waals surface area contributed by atoms with Crippen LogP contribution in [0.1, 0.15) is 27.7 Å². The van der Waals surface area contributed by atoms with Crippen LogP contribution in [0, 0.1) is 0 Å². The van der Waals surface area contributed by atoms with Gasteiger partial charge in [0.05, 0.1) is 13.2 Å². The van der Waals surface area contributed by atoms with Crippen LogP contribution in [0.15, 0.2) is 0 Å². The van der Waals surface area contributed by atoms with E-state index in [9.17, 15) is 9.90 Å². The van der Waals surface area contributed by atoms with Gasteiger partial charge in [0.15, 0.2) is 10.7 Å². The first-order chi connectivity index (χ1) is 7.70. The largest absolute Gasteiger partial charge is 0.465 e. The molecule has 6 heteroatoms. The van der Waals surface area contributed by atoms with Gasteiger partial charge in [0.25, 0.3) is 0 Å². The van der Waals surface area contributed by atoms with E-state index in [2.05, 4.69) is 0 Å². The number of esters is 1. The molecule has 1 N–H and O–H groups in total. The first-order valence-electron chi connectivity index (χ1n) is 5.56. The number of hydrogen-bond acceptors (Lipinski definition) is 5. The van der Waals surface area contributed by atoms with Crippen LogP contribution in [0.5, 0.6) is 0 Å². The number of alkyl halides is 1. The predicted octanol–water partition coefficient (Wildman–Crippen LogP) is 1.06. The Morgan fingerprint density at radius 3 is 2.71 bits per heavy atom. The summed E-state index contributed by atoms with van der Waals surface area (Å²) in [6.45, 7) is 6.95. The maximum absolute atomic E-state index is 11.6. The van der Waals surface area contributed by atoms with Gasteiger partial charge in [0.2, 0.25) is 0 Å². The van der Waals surface area contributed by atoms with E-state index in [4.69, 9.17) is 25.8 Å². The van der Waals surface area contributed by atoms with Crippen LogP contribution in [0.25, 0.3) is 0 Å². The van der Waals surface area contributed by atoms with E-state index in [1.165, 1.54) is 6.92 Å². The lowest BCUT2D eigenvalue weighted by Crippen LogP contribution is -2.50. The molecule has 5 nitrogen and oxygen atoms in total. The fourth-order valence-electron chi connectivity index (χ4n) is 1.61. The van der Waals surface area contributed by atoms with Gasteiger partial charge in [-0.05, 0) is 27.7 Å². The maximum atomic E-state index is 11.6. The Morgan fingerprint density at radius 1 is 1.71 bits per heavy atom. The van der Waals surface area contributed by atoms with Crippen LogP contribution in [-0.4, -0.2) is 47.2 Å². The normalized spacial score (nSPS) is 28.5. The fraction of sp³-hybridized carbons (Fsp3) is 0.909. The van der Waals surface area contributed by atoms with E-state index in [-0.39, 0.29) is 13.2 Å². The summed E-state index contributed by atoms with van der Waals surface area (Å²) in [5.41, 5.74) is 0. The summed E-state index contributed by atoms with van der Waals surface area (Å²) >= 11 is 6.03. The number of halogens is 1. The monoisotopic (exact) mass is 266 g/mol. The molecule has 1 rings (SSSR count). The van der Waals surface area contributed by atoms with Crippen molar-refractivity contribution in [3.8, 4) is 0 Å². The van der Waals surface area contributed by atoms with Crippen molar-refractivity contribution in [1.82, 2.24) is 0 Å². The van der Waals surface area contributed by atoms with Crippen molar-refractivity contribution >= 4 is 17.6 Å². The third kappa shape index (κ3) is 3.31. The molecule has 17 heavy (non-hydrogen) atoms. The Morgan fingerprint density at radius 2 is 2.29 bits per heavy atom. The Balaban J connectivity index is 2.69. The van der Waals surface area contributed by atoms with E-state index in [0.29, 0.717) is 0 Å². The van der Waals surface area contributed by atoms with Gasteiger partial charge in [0.1, 0.15) is 12.2 Å². The quantitative estimate of drug-likeness (QED) is 0.609. The Hall–Kier alpha value is -0.360. The minimum atomic E-state index is -1.54. The van der Waals surface area contributed by atoms with Gasteiger partial charge in [-0.25, -0.2) is 0 Å². The standard InChI is InChI=1S/C11H19ClO5/c1-5-15-9(14)11(4,12)8(13)7-6-16-10(2,3)17-7/h7-8,13H,5-6H2,1-4H3/t7-,8-,11+/m1/s1. The smallest absolute Gasteiger partial charge is 0.329 e. The van der Waals surface area contributed by atoms with Gasteiger partial charge >= 0.3 is 5.97 Å². The molecule has 0 aliphatic carbocycles. The lowest BCUT2D eigenvalue weighted by molar-refractivity contribution is -0.164. The molecular weight excluding hydrogens is 248 g/mol. The van der Waals surface area contributed by atoms with E-state index < -0.39 is 28.8 Å². The number of carbonyl (C=O) groups is 1. The Labute approximate surface area is 106 Å². The van der Waals surface area contributed by atoms with Crippen molar-refractivity contribution in [3.63, 3.8) is 0 Å². The summed E-state index contributed by atoms with van der Waals surface area (Å²) in [6, 6.07) is 0. The molecular formula is C11H19ClO5. The van der Waals surface area contributed by atoms with Crippen molar-refractivity contribution in [3.05, 3.63) is 0 Å². The molecule has 1 aliphatic rings. The number of aliphatic hydroxyl groups is 1. The number of ether oxygens (including phenoxy) is 3. The van der Waals surface area contributed by atoms with Crippen molar-refractivity contribution in [1.29, 1.82) is 0 Å². The molecule has 0 bridgehead atoms. The molecule has 0 radical (unpaired) electrons. The molecule has 1 saturated heterocycles. The first kappa shape index (κ1) is 14.7. The Bertz CT molecular complexity index is 290. The third-order valence-electron chi connectivity index (χ3n) is 2.61. The predicted molar refractivity (Wildman–Crippen MR) is 61.8 cm³/mol. The minimum Gasteiger partial charge on any atom is -0.465 e. The van der Waals surface area contributed by atoms with Crippen molar-refractivity contribution in [2.75, 3.05) is 13.2 Å². The SMILES string of the molecule is CCOC(=O)[C@@](C)(Cl)[C@H](O)[C@H]1COC(C)(C)O1. The molecule has 3 atom stereocenters. The van der Waals surface area contributed by atoms with Crippen molar-refractivity contribution < 1.29 is 24.1 Å². The number of rotatable bonds is 4. The summed E-state index contributed by atoms with van der Waals surface area (Å²) in [5, 5.41) is 10.1. The molecule has 0 unspecified atom stereocenters. The van der Waals surface area contributed by atoms with Crippen LogP contribution in [0.4, 0.5) is 0 Å². The Kier molecular flexibility index (Phi) is 4.41. The van der Waals surface area contributed by atoms with Gasteiger partial charge in [0, 0.05) is 0 Å². The highest BCUT2D eigenvalue weighted by Gasteiger charge is 2.48. The molecule has 0 saturated carbocycles. The maximum Gasteiger partial charge on any atom is 0.329 e. The zero-order valence-corrected chi connectivity index (χ0v) is 11.3. The average Bonchev–Trinajstić information content (AvgIpc) is 2.58. The average molecular weight is 267 g/mol. The lowest BCUT2D eigenvalue weighted by atomic mass is 9.99. The molecule has 1 aliphatic heterocycles. The van der Waals surface area contributed by atoms with Crippen LogP contribution in [0.2, 0.25) is 0 Å². The molecule has 1 fully saturated rings. The molecule has 0 aromatic carbocycles.